The smallest absolute Gasteiger partial charge is 0.318 e. The van der Waals surface area contributed by atoms with E-state index >= 15 is 0 Å². The van der Waals surface area contributed by atoms with Crippen LogP contribution in [0.3, 0.4) is 0 Å². The standard InChI is InChI=1S/C10H8FNO6/c11-7-4-5(1-2-8(7)12(17)18)3-6(9(13)14)10(15)16/h1-2,4,6H,3H2,(H,13,14)(H,15,16). The quantitative estimate of drug-likeness (QED) is 0.462. The Labute approximate surface area is 99.6 Å². The van der Waals surface area contributed by atoms with Gasteiger partial charge in [-0.2, -0.15) is 4.39 Å². The van der Waals surface area contributed by atoms with Gasteiger partial charge in [0.15, 0.2) is 5.92 Å². The summed E-state index contributed by atoms with van der Waals surface area (Å²) >= 11 is 0. The fourth-order valence-electron chi connectivity index (χ4n) is 1.34. The normalized spacial score (nSPS) is 10.3. The number of carboxylic acid groups (broad SMARTS) is 2. The third-order valence-corrected chi connectivity index (χ3v) is 2.24. The number of nitrogens with zero attached hydrogens (tertiary/aromatic N) is 1. The molecule has 0 saturated heterocycles. The lowest BCUT2D eigenvalue weighted by Gasteiger charge is -2.07. The summed E-state index contributed by atoms with van der Waals surface area (Å²) in [7, 11) is 0. The molecule has 8 heteroatoms. The van der Waals surface area contributed by atoms with Crippen molar-refractivity contribution in [2.75, 3.05) is 0 Å². The highest BCUT2D eigenvalue weighted by molar-refractivity contribution is 5.93. The van der Waals surface area contributed by atoms with E-state index in [1.807, 2.05) is 0 Å². The molecule has 0 spiro atoms. The summed E-state index contributed by atoms with van der Waals surface area (Å²) in [4.78, 5) is 30.7. The summed E-state index contributed by atoms with van der Waals surface area (Å²) in [5, 5.41) is 27.6. The predicted molar refractivity (Wildman–Crippen MR) is 55.5 cm³/mol. The first-order valence-corrected chi connectivity index (χ1v) is 4.71. The molecule has 1 aromatic rings. The zero-order chi connectivity index (χ0) is 13.9. The van der Waals surface area contributed by atoms with Gasteiger partial charge in [-0.15, -0.1) is 0 Å². The molecule has 0 heterocycles. The van der Waals surface area contributed by atoms with Crippen molar-refractivity contribution in [3.8, 4) is 0 Å². The monoisotopic (exact) mass is 257 g/mol. The lowest BCUT2D eigenvalue weighted by Crippen LogP contribution is -2.25. The predicted octanol–water partition coefficient (Wildman–Crippen LogP) is 1.06. The van der Waals surface area contributed by atoms with Crippen LogP contribution < -0.4 is 0 Å². The van der Waals surface area contributed by atoms with Crippen molar-refractivity contribution in [2.45, 2.75) is 6.42 Å². The molecule has 96 valence electrons. The van der Waals surface area contributed by atoms with Gasteiger partial charge in [0.1, 0.15) is 0 Å². The molecule has 1 aromatic carbocycles. The number of nitro benzene ring substituents is 1. The van der Waals surface area contributed by atoms with Gasteiger partial charge in [0.25, 0.3) is 0 Å². The van der Waals surface area contributed by atoms with Gasteiger partial charge in [0, 0.05) is 6.07 Å². The maximum Gasteiger partial charge on any atom is 0.318 e. The van der Waals surface area contributed by atoms with Gasteiger partial charge < -0.3 is 10.2 Å². The average molecular weight is 257 g/mol. The van der Waals surface area contributed by atoms with E-state index in [0.29, 0.717) is 0 Å². The molecule has 0 aromatic heterocycles. The minimum absolute atomic E-state index is 0.0629. The van der Waals surface area contributed by atoms with Crippen LogP contribution in [0, 0.1) is 21.8 Å². The summed E-state index contributed by atoms with van der Waals surface area (Å²) in [5.74, 6) is -5.96. The van der Waals surface area contributed by atoms with Crippen LogP contribution in [0.5, 0.6) is 0 Å². The Kier molecular flexibility index (Phi) is 3.93. The Bertz CT molecular complexity index is 501. The van der Waals surface area contributed by atoms with E-state index in [0.717, 1.165) is 18.2 Å². The topological polar surface area (TPSA) is 118 Å². The van der Waals surface area contributed by atoms with Crippen molar-refractivity contribution < 1.29 is 29.1 Å². The van der Waals surface area contributed by atoms with Crippen LogP contribution >= 0.6 is 0 Å². The molecule has 0 unspecified atom stereocenters. The van der Waals surface area contributed by atoms with E-state index in [1.165, 1.54) is 0 Å². The van der Waals surface area contributed by atoms with Gasteiger partial charge in [-0.3, -0.25) is 19.7 Å². The SMILES string of the molecule is O=C(O)C(Cc1ccc([N+](=O)[O-])c(F)c1)C(=O)O. The second-order valence-corrected chi connectivity index (χ2v) is 3.48. The first kappa shape index (κ1) is 13.6. The van der Waals surface area contributed by atoms with Gasteiger partial charge in [-0.25, -0.2) is 0 Å². The second kappa shape index (κ2) is 5.21. The summed E-state index contributed by atoms with van der Waals surface area (Å²) in [6.07, 6.45) is -0.445. The van der Waals surface area contributed by atoms with E-state index < -0.39 is 40.7 Å². The van der Waals surface area contributed by atoms with Crippen molar-refractivity contribution in [3.05, 3.63) is 39.7 Å². The number of hydrogen-bond acceptors (Lipinski definition) is 4. The van der Waals surface area contributed by atoms with Crippen LogP contribution in [-0.2, 0) is 16.0 Å². The Morgan fingerprint density at radius 1 is 1.33 bits per heavy atom. The number of carbonyl (C=O) groups is 2. The Morgan fingerprint density at radius 3 is 2.28 bits per heavy atom. The molecule has 7 nitrogen and oxygen atoms in total. The zero-order valence-electron chi connectivity index (χ0n) is 8.87. The number of carboxylic acids is 2. The fourth-order valence-corrected chi connectivity index (χ4v) is 1.34. The van der Waals surface area contributed by atoms with Crippen LogP contribution in [-0.4, -0.2) is 27.1 Å². The van der Waals surface area contributed by atoms with E-state index in [1.54, 1.807) is 0 Å². The first-order valence-electron chi connectivity index (χ1n) is 4.71. The van der Waals surface area contributed by atoms with Gasteiger partial charge in [0.05, 0.1) is 4.92 Å². The van der Waals surface area contributed by atoms with Gasteiger partial charge in [-0.05, 0) is 18.1 Å². The number of halogens is 1. The van der Waals surface area contributed by atoms with Crippen LogP contribution in [0.4, 0.5) is 10.1 Å². The largest absolute Gasteiger partial charge is 0.481 e. The Balaban J connectivity index is 2.99. The highest BCUT2D eigenvalue weighted by atomic mass is 19.1. The molecule has 18 heavy (non-hydrogen) atoms. The molecular weight excluding hydrogens is 249 g/mol. The highest BCUT2D eigenvalue weighted by Crippen LogP contribution is 2.20. The molecular formula is C10H8FNO6. The molecule has 1 rings (SSSR count). The number of aliphatic carboxylic acids is 2. The number of nitro groups is 1. The minimum Gasteiger partial charge on any atom is -0.481 e. The summed E-state index contributed by atoms with van der Waals surface area (Å²) in [6, 6.07) is 2.75. The fraction of sp³-hybridized carbons (Fsp3) is 0.200. The molecule has 0 radical (unpaired) electrons. The third-order valence-electron chi connectivity index (χ3n) is 2.24. The summed E-state index contributed by atoms with van der Waals surface area (Å²) < 4.78 is 13.2. The molecule has 0 saturated carbocycles. The number of benzene rings is 1. The maximum absolute atomic E-state index is 13.2. The van der Waals surface area contributed by atoms with Crippen molar-refractivity contribution in [1.29, 1.82) is 0 Å². The van der Waals surface area contributed by atoms with Crippen molar-refractivity contribution in [3.63, 3.8) is 0 Å². The minimum atomic E-state index is -1.72. The van der Waals surface area contributed by atoms with Gasteiger partial charge in [-0.1, -0.05) is 6.07 Å². The first-order chi connectivity index (χ1) is 8.32. The number of hydrogen-bond donors (Lipinski definition) is 2. The highest BCUT2D eigenvalue weighted by Gasteiger charge is 2.26. The number of rotatable bonds is 5. The molecule has 0 aliphatic carbocycles. The molecule has 0 aliphatic rings. The van der Waals surface area contributed by atoms with Crippen molar-refractivity contribution in [1.82, 2.24) is 0 Å². The molecule has 0 aliphatic heterocycles. The molecule has 0 atom stereocenters. The third kappa shape index (κ3) is 3.00. The van der Waals surface area contributed by atoms with Gasteiger partial charge in [0.2, 0.25) is 5.82 Å². The second-order valence-electron chi connectivity index (χ2n) is 3.48. The van der Waals surface area contributed by atoms with Crippen LogP contribution in [0.25, 0.3) is 0 Å². The van der Waals surface area contributed by atoms with E-state index in [2.05, 4.69) is 0 Å². The summed E-state index contributed by atoms with van der Waals surface area (Å²) in [6.45, 7) is 0. The summed E-state index contributed by atoms with van der Waals surface area (Å²) in [5.41, 5.74) is -0.686. The van der Waals surface area contributed by atoms with E-state index in [4.69, 9.17) is 10.2 Å². The maximum atomic E-state index is 13.2. The van der Waals surface area contributed by atoms with Crippen LogP contribution in [0.1, 0.15) is 5.56 Å². The molecule has 0 bridgehead atoms. The Morgan fingerprint density at radius 2 is 1.89 bits per heavy atom. The zero-order valence-corrected chi connectivity index (χ0v) is 8.87. The van der Waals surface area contributed by atoms with Crippen LogP contribution in [0.2, 0.25) is 0 Å². The Hall–Kier alpha value is -2.51. The van der Waals surface area contributed by atoms with Gasteiger partial charge >= 0.3 is 17.6 Å². The van der Waals surface area contributed by atoms with E-state index in [-0.39, 0.29) is 5.56 Å². The lowest BCUT2D eigenvalue weighted by atomic mass is 9.99. The van der Waals surface area contributed by atoms with Crippen LogP contribution in [0.15, 0.2) is 18.2 Å². The lowest BCUT2D eigenvalue weighted by molar-refractivity contribution is -0.387. The van der Waals surface area contributed by atoms with E-state index in [9.17, 15) is 24.1 Å². The molecule has 2 N–H and O–H groups in total. The van der Waals surface area contributed by atoms with Crippen molar-refractivity contribution in [2.24, 2.45) is 5.92 Å². The molecule has 0 amide bonds. The average Bonchev–Trinajstić information content (AvgIpc) is 2.24. The van der Waals surface area contributed by atoms with Crippen molar-refractivity contribution >= 4 is 17.6 Å². The molecule has 0 fully saturated rings.